The molecule has 0 unspecified atom stereocenters. The SMILES string of the molecule is Cn1c(=O)ccn(CC(=O)N2CCc3ccccc3C2)c1=O. The Kier molecular flexibility index (Phi) is 3.66. The number of aromatic nitrogens is 2. The Morgan fingerprint density at radius 3 is 2.64 bits per heavy atom. The fourth-order valence-corrected chi connectivity index (χ4v) is 2.69. The molecular formula is C16H17N3O3. The van der Waals surface area contributed by atoms with Crippen molar-refractivity contribution in [3.05, 3.63) is 68.5 Å². The van der Waals surface area contributed by atoms with Gasteiger partial charge in [-0.15, -0.1) is 0 Å². The van der Waals surface area contributed by atoms with Gasteiger partial charge in [0.2, 0.25) is 5.91 Å². The summed E-state index contributed by atoms with van der Waals surface area (Å²) in [5, 5.41) is 0. The van der Waals surface area contributed by atoms with Crippen LogP contribution in [0.4, 0.5) is 0 Å². The normalized spacial score (nSPS) is 13.8. The van der Waals surface area contributed by atoms with Gasteiger partial charge in [-0.2, -0.15) is 0 Å². The molecule has 2 heterocycles. The molecule has 0 atom stereocenters. The molecule has 0 radical (unpaired) electrons. The van der Waals surface area contributed by atoms with Crippen LogP contribution in [-0.4, -0.2) is 26.5 Å². The minimum absolute atomic E-state index is 0.0465. The highest BCUT2D eigenvalue weighted by Crippen LogP contribution is 2.18. The molecule has 2 aromatic rings. The monoisotopic (exact) mass is 299 g/mol. The van der Waals surface area contributed by atoms with E-state index >= 15 is 0 Å². The molecule has 0 N–H and O–H groups in total. The van der Waals surface area contributed by atoms with Gasteiger partial charge in [-0.1, -0.05) is 24.3 Å². The van der Waals surface area contributed by atoms with Gasteiger partial charge in [-0.3, -0.25) is 18.7 Å². The number of hydrogen-bond donors (Lipinski definition) is 0. The third-order valence-corrected chi connectivity index (χ3v) is 4.05. The van der Waals surface area contributed by atoms with Gasteiger partial charge < -0.3 is 4.90 Å². The van der Waals surface area contributed by atoms with Crippen LogP contribution in [0.3, 0.4) is 0 Å². The van der Waals surface area contributed by atoms with Gasteiger partial charge in [0.15, 0.2) is 0 Å². The number of rotatable bonds is 2. The zero-order valence-corrected chi connectivity index (χ0v) is 12.4. The van der Waals surface area contributed by atoms with Crippen LogP contribution in [0.25, 0.3) is 0 Å². The summed E-state index contributed by atoms with van der Waals surface area (Å²) in [5.74, 6) is -0.116. The largest absolute Gasteiger partial charge is 0.336 e. The van der Waals surface area contributed by atoms with Crippen LogP contribution < -0.4 is 11.2 Å². The molecule has 6 nitrogen and oxygen atoms in total. The number of fused-ring (bicyclic) bond motifs is 1. The lowest BCUT2D eigenvalue weighted by molar-refractivity contribution is -0.132. The minimum Gasteiger partial charge on any atom is -0.336 e. The summed E-state index contributed by atoms with van der Waals surface area (Å²) in [6, 6.07) is 9.35. The van der Waals surface area contributed by atoms with E-state index in [2.05, 4.69) is 6.07 Å². The van der Waals surface area contributed by atoms with Gasteiger partial charge in [0.25, 0.3) is 5.56 Å². The topological polar surface area (TPSA) is 64.3 Å². The first-order chi connectivity index (χ1) is 10.6. The molecule has 1 amide bonds. The molecule has 3 rings (SSSR count). The van der Waals surface area contributed by atoms with E-state index in [0.717, 1.165) is 16.6 Å². The maximum Gasteiger partial charge on any atom is 0.331 e. The Labute approximate surface area is 127 Å². The van der Waals surface area contributed by atoms with Crippen molar-refractivity contribution in [1.82, 2.24) is 14.0 Å². The van der Waals surface area contributed by atoms with E-state index in [0.29, 0.717) is 13.1 Å². The summed E-state index contributed by atoms with van der Waals surface area (Å²) in [5.41, 5.74) is 1.57. The van der Waals surface area contributed by atoms with Crippen LogP contribution in [0.1, 0.15) is 11.1 Å². The lowest BCUT2D eigenvalue weighted by Gasteiger charge is -2.29. The van der Waals surface area contributed by atoms with E-state index < -0.39 is 5.69 Å². The van der Waals surface area contributed by atoms with Gasteiger partial charge in [-0.05, 0) is 17.5 Å². The zero-order chi connectivity index (χ0) is 15.7. The number of carbonyl (C=O) groups excluding carboxylic acids is 1. The first kappa shape index (κ1) is 14.3. The second-order valence-electron chi connectivity index (χ2n) is 5.46. The van der Waals surface area contributed by atoms with E-state index in [9.17, 15) is 14.4 Å². The van der Waals surface area contributed by atoms with Crippen molar-refractivity contribution < 1.29 is 4.79 Å². The lowest BCUT2D eigenvalue weighted by Crippen LogP contribution is -2.42. The number of carbonyl (C=O) groups is 1. The van der Waals surface area contributed by atoms with Crippen LogP contribution in [-0.2, 0) is 31.4 Å². The molecule has 0 fully saturated rings. The highest BCUT2D eigenvalue weighted by atomic mass is 16.2. The standard InChI is InChI=1S/C16H17N3O3/c1-17-14(20)7-9-19(16(17)22)11-15(21)18-8-6-12-4-2-3-5-13(12)10-18/h2-5,7,9H,6,8,10-11H2,1H3. The highest BCUT2D eigenvalue weighted by Gasteiger charge is 2.20. The summed E-state index contributed by atoms with van der Waals surface area (Å²) < 4.78 is 2.27. The molecule has 1 aromatic carbocycles. The predicted molar refractivity (Wildman–Crippen MR) is 81.5 cm³/mol. The van der Waals surface area contributed by atoms with Crippen molar-refractivity contribution in [2.45, 2.75) is 19.5 Å². The van der Waals surface area contributed by atoms with Crippen molar-refractivity contribution in [3.8, 4) is 0 Å². The second kappa shape index (κ2) is 5.63. The average molecular weight is 299 g/mol. The third kappa shape index (κ3) is 2.59. The molecule has 22 heavy (non-hydrogen) atoms. The summed E-state index contributed by atoms with van der Waals surface area (Å²) in [4.78, 5) is 37.5. The molecule has 0 saturated carbocycles. The molecule has 114 valence electrons. The number of hydrogen-bond acceptors (Lipinski definition) is 3. The predicted octanol–water partition coefficient (Wildman–Crippen LogP) is 0.132. The van der Waals surface area contributed by atoms with Crippen LogP contribution in [0.5, 0.6) is 0 Å². The Morgan fingerprint density at radius 1 is 1.14 bits per heavy atom. The maximum absolute atomic E-state index is 12.4. The molecule has 0 aliphatic carbocycles. The molecule has 0 bridgehead atoms. The first-order valence-electron chi connectivity index (χ1n) is 7.17. The molecule has 0 spiro atoms. The average Bonchev–Trinajstić information content (AvgIpc) is 2.55. The van der Waals surface area contributed by atoms with Crippen LogP contribution >= 0.6 is 0 Å². The molecule has 1 aliphatic heterocycles. The Hall–Kier alpha value is -2.63. The quantitative estimate of drug-likeness (QED) is 0.792. The van der Waals surface area contributed by atoms with Crippen molar-refractivity contribution in [1.29, 1.82) is 0 Å². The van der Waals surface area contributed by atoms with E-state index in [-0.39, 0.29) is 18.0 Å². The van der Waals surface area contributed by atoms with Gasteiger partial charge in [0, 0.05) is 32.4 Å². The van der Waals surface area contributed by atoms with Crippen LogP contribution in [0, 0.1) is 0 Å². The molecule has 6 heteroatoms. The van der Waals surface area contributed by atoms with Gasteiger partial charge >= 0.3 is 5.69 Å². The van der Waals surface area contributed by atoms with Crippen molar-refractivity contribution >= 4 is 5.91 Å². The Morgan fingerprint density at radius 2 is 1.86 bits per heavy atom. The lowest BCUT2D eigenvalue weighted by atomic mass is 10.00. The van der Waals surface area contributed by atoms with Gasteiger partial charge in [0.1, 0.15) is 6.54 Å². The molecule has 0 saturated heterocycles. The van der Waals surface area contributed by atoms with E-state index in [1.54, 1.807) is 4.90 Å². The summed E-state index contributed by atoms with van der Waals surface area (Å²) >= 11 is 0. The van der Waals surface area contributed by atoms with Crippen molar-refractivity contribution in [3.63, 3.8) is 0 Å². The second-order valence-corrected chi connectivity index (χ2v) is 5.46. The van der Waals surface area contributed by atoms with Crippen molar-refractivity contribution in [2.75, 3.05) is 6.54 Å². The number of benzene rings is 1. The summed E-state index contributed by atoms with van der Waals surface area (Å²) in [6.45, 7) is 1.17. The smallest absolute Gasteiger partial charge is 0.331 e. The Balaban J connectivity index is 1.78. The van der Waals surface area contributed by atoms with Crippen molar-refractivity contribution in [2.24, 2.45) is 7.05 Å². The maximum atomic E-state index is 12.4. The number of amides is 1. The van der Waals surface area contributed by atoms with Crippen LogP contribution in [0.15, 0.2) is 46.1 Å². The van der Waals surface area contributed by atoms with E-state index in [4.69, 9.17) is 0 Å². The van der Waals surface area contributed by atoms with Crippen LogP contribution in [0.2, 0.25) is 0 Å². The molecular weight excluding hydrogens is 282 g/mol. The fraction of sp³-hybridized carbons (Fsp3) is 0.312. The minimum atomic E-state index is -0.474. The number of nitrogens with zero attached hydrogens (tertiary/aromatic N) is 3. The first-order valence-corrected chi connectivity index (χ1v) is 7.17. The van der Waals surface area contributed by atoms with E-state index in [1.165, 1.54) is 29.4 Å². The molecule has 1 aromatic heterocycles. The third-order valence-electron chi connectivity index (χ3n) is 4.05. The van der Waals surface area contributed by atoms with Gasteiger partial charge in [-0.25, -0.2) is 4.79 Å². The van der Waals surface area contributed by atoms with E-state index in [1.807, 2.05) is 18.2 Å². The molecule has 1 aliphatic rings. The summed E-state index contributed by atoms with van der Waals surface area (Å²) in [6.07, 6.45) is 2.20. The zero-order valence-electron chi connectivity index (χ0n) is 12.4. The fourth-order valence-electron chi connectivity index (χ4n) is 2.69. The highest BCUT2D eigenvalue weighted by molar-refractivity contribution is 5.76. The Bertz CT molecular complexity index is 835. The van der Waals surface area contributed by atoms with Gasteiger partial charge in [0.05, 0.1) is 0 Å². The summed E-state index contributed by atoms with van der Waals surface area (Å²) in [7, 11) is 1.41.